The van der Waals surface area contributed by atoms with E-state index in [1.54, 1.807) is 17.1 Å². The van der Waals surface area contributed by atoms with Gasteiger partial charge in [0, 0.05) is 18.7 Å². The lowest BCUT2D eigenvalue weighted by Crippen LogP contribution is -2.59. The molecule has 256 valence electrons. The van der Waals surface area contributed by atoms with Gasteiger partial charge in [0.25, 0.3) is 5.91 Å². The van der Waals surface area contributed by atoms with Crippen LogP contribution < -0.4 is 10.2 Å². The number of rotatable bonds is 15. The van der Waals surface area contributed by atoms with Gasteiger partial charge in [0.05, 0.1) is 36.6 Å². The lowest BCUT2D eigenvalue weighted by atomic mass is 9.70. The summed E-state index contributed by atoms with van der Waals surface area (Å²) in [7, 11) is 0. The summed E-state index contributed by atoms with van der Waals surface area (Å²) in [5.41, 5.74) is 2.03. The molecular weight excluding hydrogens is 610 g/mol. The van der Waals surface area contributed by atoms with Gasteiger partial charge < -0.3 is 29.7 Å². The standard InChI is InChI=1S/C38H47N3O7/c1-6-9-18-30(43)47-23-28(26-16-11-10-12-17-26)39-35(44)31-29-19-20-38(48-29)32(31)36(45)41(27(8-3)22-42)34(38)37(46)40(21-7-2)33-24(4)14-13-15-25(33)5/h6-7,10-17,27-29,31-32,34,42H,1-2,8-9,18-23H2,3-5H3,(H,39,44)/t27-,28+,29+,31-,32-,34+,38-/m0/s1. The van der Waals surface area contributed by atoms with E-state index in [0.717, 1.165) is 22.4 Å². The van der Waals surface area contributed by atoms with Crippen molar-refractivity contribution in [3.63, 3.8) is 0 Å². The summed E-state index contributed by atoms with van der Waals surface area (Å²) in [5, 5.41) is 13.5. The van der Waals surface area contributed by atoms with E-state index in [4.69, 9.17) is 9.47 Å². The van der Waals surface area contributed by atoms with Crippen molar-refractivity contribution < 1.29 is 33.8 Å². The third-order valence-corrected chi connectivity index (χ3v) is 10.1. The number of aliphatic hydroxyl groups is 1. The van der Waals surface area contributed by atoms with E-state index in [9.17, 15) is 24.3 Å². The zero-order valence-electron chi connectivity index (χ0n) is 28.1. The quantitative estimate of drug-likeness (QED) is 0.216. The maximum atomic E-state index is 14.9. The van der Waals surface area contributed by atoms with Gasteiger partial charge in [-0.1, -0.05) is 67.6 Å². The topological polar surface area (TPSA) is 125 Å². The van der Waals surface area contributed by atoms with Gasteiger partial charge in [-0.3, -0.25) is 19.2 Å². The number of aliphatic hydroxyl groups excluding tert-OH is 1. The molecule has 3 saturated heterocycles. The normalized spacial score (nSPS) is 25.2. The Kier molecular flexibility index (Phi) is 10.9. The molecule has 3 aliphatic heterocycles. The van der Waals surface area contributed by atoms with Crippen molar-refractivity contribution in [1.29, 1.82) is 0 Å². The molecule has 2 aromatic rings. The average molecular weight is 658 g/mol. The number of likely N-dealkylation sites (tertiary alicyclic amines) is 1. The minimum Gasteiger partial charge on any atom is -0.463 e. The lowest BCUT2D eigenvalue weighted by Gasteiger charge is -2.39. The fraction of sp³-hybridized carbons (Fsp3) is 0.474. The highest BCUT2D eigenvalue weighted by Crippen LogP contribution is 2.59. The van der Waals surface area contributed by atoms with E-state index in [1.807, 2.05) is 69.3 Å². The van der Waals surface area contributed by atoms with Gasteiger partial charge in [-0.2, -0.15) is 0 Å². The Balaban J connectivity index is 1.50. The summed E-state index contributed by atoms with van der Waals surface area (Å²) in [6.45, 7) is 13.1. The maximum absolute atomic E-state index is 14.9. The molecule has 0 unspecified atom stereocenters. The van der Waals surface area contributed by atoms with Gasteiger partial charge in [0.2, 0.25) is 11.8 Å². The van der Waals surface area contributed by atoms with Gasteiger partial charge >= 0.3 is 5.97 Å². The number of benzene rings is 2. The van der Waals surface area contributed by atoms with Crippen molar-refractivity contribution in [3.05, 3.63) is 90.5 Å². The van der Waals surface area contributed by atoms with Crippen LogP contribution in [0.1, 0.15) is 61.8 Å². The van der Waals surface area contributed by atoms with Crippen LogP contribution in [-0.2, 0) is 28.7 Å². The van der Waals surface area contributed by atoms with E-state index < -0.39 is 53.5 Å². The first-order chi connectivity index (χ1) is 23.1. The van der Waals surface area contributed by atoms with Crippen LogP contribution in [0.25, 0.3) is 0 Å². The third-order valence-electron chi connectivity index (χ3n) is 10.1. The fourth-order valence-corrected chi connectivity index (χ4v) is 7.92. The second kappa shape index (κ2) is 14.9. The van der Waals surface area contributed by atoms with E-state index in [1.165, 1.54) is 4.90 Å². The largest absolute Gasteiger partial charge is 0.463 e. The molecule has 3 fully saturated rings. The number of esters is 1. The Morgan fingerprint density at radius 3 is 2.46 bits per heavy atom. The molecule has 2 N–H and O–H groups in total. The molecule has 0 aliphatic carbocycles. The molecule has 0 saturated carbocycles. The van der Waals surface area contributed by atoms with E-state index in [2.05, 4.69) is 18.5 Å². The zero-order chi connectivity index (χ0) is 34.6. The first kappa shape index (κ1) is 35.0. The highest BCUT2D eigenvalue weighted by molar-refractivity contribution is 6.05. The first-order valence-electron chi connectivity index (χ1n) is 16.8. The number of ether oxygens (including phenoxy) is 2. The number of carbonyl (C=O) groups excluding carboxylic acids is 4. The van der Waals surface area contributed by atoms with Crippen molar-refractivity contribution in [2.75, 3.05) is 24.7 Å². The molecule has 10 nitrogen and oxygen atoms in total. The fourth-order valence-electron chi connectivity index (χ4n) is 7.92. The number of para-hydroxylation sites is 1. The molecule has 3 heterocycles. The Labute approximate surface area is 282 Å². The molecule has 3 aliphatic rings. The summed E-state index contributed by atoms with van der Waals surface area (Å²) in [5.74, 6) is -3.31. The summed E-state index contributed by atoms with van der Waals surface area (Å²) in [6.07, 6.45) is 4.69. The van der Waals surface area contributed by atoms with Crippen molar-refractivity contribution in [2.24, 2.45) is 11.8 Å². The van der Waals surface area contributed by atoms with Gasteiger partial charge in [-0.25, -0.2) is 0 Å². The number of carbonyl (C=O) groups is 4. The molecule has 10 heteroatoms. The predicted molar refractivity (Wildman–Crippen MR) is 182 cm³/mol. The number of amides is 3. The van der Waals surface area contributed by atoms with Crippen LogP contribution in [0.5, 0.6) is 0 Å². The van der Waals surface area contributed by atoms with Crippen molar-refractivity contribution in [1.82, 2.24) is 10.2 Å². The number of nitrogens with one attached hydrogen (secondary N) is 1. The van der Waals surface area contributed by atoms with Crippen molar-refractivity contribution in [2.45, 2.75) is 82.7 Å². The summed E-state index contributed by atoms with van der Waals surface area (Å²) >= 11 is 0. The lowest BCUT2D eigenvalue weighted by molar-refractivity contribution is -0.146. The van der Waals surface area contributed by atoms with Crippen LogP contribution in [-0.4, -0.2) is 77.2 Å². The summed E-state index contributed by atoms with van der Waals surface area (Å²) in [6, 6.07) is 12.6. The summed E-state index contributed by atoms with van der Waals surface area (Å²) in [4.78, 5) is 59.3. The molecule has 2 aromatic carbocycles. The number of aryl methyl sites for hydroxylation is 2. The van der Waals surface area contributed by atoms with E-state index in [0.29, 0.717) is 25.7 Å². The molecule has 7 atom stereocenters. The SMILES string of the molecule is C=CCCC(=O)OC[C@@H](NC(=O)[C@@H]1[C@H]2C(=O)N([C@@H](CC)CO)[C@H](C(=O)N(CC=C)c3c(C)cccc3C)[C@]23CC[C@H]1O3)c1ccccc1. The minimum atomic E-state index is -1.25. The second-order valence-electron chi connectivity index (χ2n) is 13.0. The van der Waals surface area contributed by atoms with E-state index in [-0.39, 0.29) is 38.0 Å². The van der Waals surface area contributed by atoms with Crippen LogP contribution in [0, 0.1) is 25.7 Å². The smallest absolute Gasteiger partial charge is 0.306 e. The first-order valence-corrected chi connectivity index (χ1v) is 16.8. The zero-order valence-corrected chi connectivity index (χ0v) is 28.1. The van der Waals surface area contributed by atoms with Crippen LogP contribution in [0.3, 0.4) is 0 Å². The molecule has 3 amide bonds. The number of hydrogen-bond donors (Lipinski definition) is 2. The van der Waals surface area contributed by atoms with Gasteiger partial charge in [-0.05, 0) is 56.2 Å². The minimum absolute atomic E-state index is 0.0876. The Hall–Kier alpha value is -4.28. The molecule has 48 heavy (non-hydrogen) atoms. The third kappa shape index (κ3) is 6.31. The molecule has 5 rings (SSSR count). The van der Waals surface area contributed by atoms with Crippen LogP contribution in [0.4, 0.5) is 5.69 Å². The highest BCUT2D eigenvalue weighted by atomic mass is 16.5. The molecule has 0 aromatic heterocycles. The van der Waals surface area contributed by atoms with Gasteiger partial charge in [-0.15, -0.1) is 13.2 Å². The Bertz CT molecular complexity index is 1520. The monoisotopic (exact) mass is 657 g/mol. The molecule has 1 spiro atoms. The number of hydrogen-bond acceptors (Lipinski definition) is 7. The number of fused-ring (bicyclic) bond motifs is 1. The highest BCUT2D eigenvalue weighted by Gasteiger charge is 2.75. The van der Waals surface area contributed by atoms with Crippen molar-refractivity contribution >= 4 is 29.4 Å². The molecule has 0 radical (unpaired) electrons. The van der Waals surface area contributed by atoms with Gasteiger partial charge in [0.1, 0.15) is 18.2 Å². The summed E-state index contributed by atoms with van der Waals surface area (Å²) < 4.78 is 12.2. The molecular formula is C38H47N3O7. The number of nitrogens with zero attached hydrogens (tertiary/aromatic N) is 2. The Morgan fingerprint density at radius 2 is 1.83 bits per heavy atom. The van der Waals surface area contributed by atoms with Gasteiger partial charge in [0.15, 0.2) is 0 Å². The van der Waals surface area contributed by atoms with E-state index >= 15 is 0 Å². The number of allylic oxidation sites excluding steroid dienone is 1. The van der Waals surface area contributed by atoms with Crippen LogP contribution in [0.15, 0.2) is 73.8 Å². The van der Waals surface area contributed by atoms with Crippen molar-refractivity contribution in [3.8, 4) is 0 Å². The second-order valence-corrected chi connectivity index (χ2v) is 13.0. The maximum Gasteiger partial charge on any atom is 0.306 e. The predicted octanol–water partition coefficient (Wildman–Crippen LogP) is 4.33. The number of anilines is 1. The average Bonchev–Trinajstić information content (AvgIpc) is 3.73. The van der Waals surface area contributed by atoms with Crippen LogP contribution >= 0.6 is 0 Å². The Morgan fingerprint density at radius 1 is 1.12 bits per heavy atom. The molecule has 2 bridgehead atoms. The van der Waals surface area contributed by atoms with Crippen LogP contribution in [0.2, 0.25) is 0 Å².